The van der Waals surface area contributed by atoms with Crippen molar-refractivity contribution in [1.82, 2.24) is 0 Å². The standard InChI is InChI=1S/C16H23BO3/c1-11(18)10-13-8-7-9-14(12(13)2)17-19-15(3,4)16(5,6)20-17/h7-9H,10H2,1-6H3. The molecule has 0 amide bonds. The number of benzene rings is 1. The molecule has 0 radical (unpaired) electrons. The van der Waals surface area contributed by atoms with E-state index in [9.17, 15) is 4.79 Å². The van der Waals surface area contributed by atoms with E-state index in [1.807, 2.05) is 52.8 Å². The quantitative estimate of drug-likeness (QED) is 0.794. The van der Waals surface area contributed by atoms with Crippen molar-refractivity contribution in [2.24, 2.45) is 0 Å². The molecular formula is C16H23BO3. The first-order valence-corrected chi connectivity index (χ1v) is 7.07. The van der Waals surface area contributed by atoms with Gasteiger partial charge in [0.15, 0.2) is 0 Å². The lowest BCUT2D eigenvalue weighted by Crippen LogP contribution is -2.41. The van der Waals surface area contributed by atoms with Crippen LogP contribution in [0.15, 0.2) is 18.2 Å². The maximum absolute atomic E-state index is 11.3. The van der Waals surface area contributed by atoms with Crippen molar-refractivity contribution < 1.29 is 14.1 Å². The fourth-order valence-corrected chi connectivity index (χ4v) is 2.39. The summed E-state index contributed by atoms with van der Waals surface area (Å²) in [7, 11) is -0.369. The van der Waals surface area contributed by atoms with E-state index in [2.05, 4.69) is 0 Å². The summed E-state index contributed by atoms with van der Waals surface area (Å²) in [5.74, 6) is 0.166. The van der Waals surface area contributed by atoms with E-state index in [1.165, 1.54) is 0 Å². The van der Waals surface area contributed by atoms with Gasteiger partial charge >= 0.3 is 7.12 Å². The van der Waals surface area contributed by atoms with Crippen LogP contribution in [0, 0.1) is 6.92 Å². The fraction of sp³-hybridized carbons (Fsp3) is 0.562. The van der Waals surface area contributed by atoms with Crippen LogP contribution in [-0.2, 0) is 20.5 Å². The normalized spacial score (nSPS) is 20.2. The summed E-state index contributed by atoms with van der Waals surface area (Å²) in [5, 5.41) is 0. The minimum Gasteiger partial charge on any atom is -0.399 e. The topological polar surface area (TPSA) is 35.5 Å². The van der Waals surface area contributed by atoms with Gasteiger partial charge in [-0.05, 0) is 58.1 Å². The monoisotopic (exact) mass is 274 g/mol. The largest absolute Gasteiger partial charge is 0.495 e. The number of ketones is 1. The van der Waals surface area contributed by atoms with Gasteiger partial charge in [0.2, 0.25) is 0 Å². The first-order valence-electron chi connectivity index (χ1n) is 7.07. The fourth-order valence-electron chi connectivity index (χ4n) is 2.39. The average Bonchev–Trinajstić information content (AvgIpc) is 2.50. The smallest absolute Gasteiger partial charge is 0.399 e. The molecule has 1 fully saturated rings. The Labute approximate surface area is 121 Å². The van der Waals surface area contributed by atoms with Crippen molar-refractivity contribution >= 4 is 18.4 Å². The van der Waals surface area contributed by atoms with E-state index in [4.69, 9.17) is 9.31 Å². The van der Waals surface area contributed by atoms with Gasteiger partial charge in [0.25, 0.3) is 0 Å². The van der Waals surface area contributed by atoms with Crippen LogP contribution in [0.25, 0.3) is 0 Å². The molecule has 0 spiro atoms. The van der Waals surface area contributed by atoms with Crippen LogP contribution in [-0.4, -0.2) is 24.1 Å². The molecule has 3 nitrogen and oxygen atoms in total. The van der Waals surface area contributed by atoms with Crippen LogP contribution in [0.5, 0.6) is 0 Å². The summed E-state index contributed by atoms with van der Waals surface area (Å²) in [6, 6.07) is 5.97. The van der Waals surface area contributed by atoms with Gasteiger partial charge in [-0.25, -0.2) is 0 Å². The third-order valence-corrected chi connectivity index (χ3v) is 4.43. The predicted octanol–water partition coefficient (Wildman–Crippen LogP) is 2.43. The minimum atomic E-state index is -0.369. The second kappa shape index (κ2) is 5.01. The average molecular weight is 274 g/mol. The Morgan fingerprint density at radius 3 is 2.20 bits per heavy atom. The molecule has 1 aliphatic rings. The predicted molar refractivity (Wildman–Crippen MR) is 81.3 cm³/mol. The number of rotatable bonds is 3. The highest BCUT2D eigenvalue weighted by molar-refractivity contribution is 6.62. The zero-order valence-electron chi connectivity index (χ0n) is 13.2. The lowest BCUT2D eigenvalue weighted by molar-refractivity contribution is -0.116. The maximum Gasteiger partial charge on any atom is 0.495 e. The van der Waals surface area contributed by atoms with Gasteiger partial charge in [-0.15, -0.1) is 0 Å². The summed E-state index contributed by atoms with van der Waals surface area (Å²) < 4.78 is 12.2. The number of carbonyl (C=O) groups excluding carboxylic acids is 1. The number of hydrogen-bond donors (Lipinski definition) is 0. The first kappa shape index (κ1) is 15.3. The third-order valence-electron chi connectivity index (χ3n) is 4.43. The van der Waals surface area contributed by atoms with E-state index in [-0.39, 0.29) is 24.1 Å². The van der Waals surface area contributed by atoms with Gasteiger partial charge in [-0.2, -0.15) is 0 Å². The molecule has 0 N–H and O–H groups in total. The zero-order valence-corrected chi connectivity index (χ0v) is 13.2. The number of carbonyl (C=O) groups is 1. The van der Waals surface area contributed by atoms with Crippen molar-refractivity contribution in [3.05, 3.63) is 29.3 Å². The molecule has 1 aromatic carbocycles. The Kier molecular flexibility index (Phi) is 3.82. The second-order valence-corrected chi connectivity index (χ2v) is 6.60. The van der Waals surface area contributed by atoms with Gasteiger partial charge in [-0.3, -0.25) is 4.79 Å². The van der Waals surface area contributed by atoms with Crippen LogP contribution in [0.4, 0.5) is 0 Å². The van der Waals surface area contributed by atoms with E-state index in [0.717, 1.165) is 16.6 Å². The van der Waals surface area contributed by atoms with Crippen molar-refractivity contribution in [1.29, 1.82) is 0 Å². The molecule has 4 heteroatoms. The van der Waals surface area contributed by atoms with E-state index in [0.29, 0.717) is 6.42 Å². The van der Waals surface area contributed by atoms with Crippen LogP contribution >= 0.6 is 0 Å². The lowest BCUT2D eigenvalue weighted by atomic mass is 9.74. The highest BCUT2D eigenvalue weighted by Gasteiger charge is 2.52. The SMILES string of the molecule is CC(=O)Cc1cccc(B2OC(C)(C)C(C)(C)O2)c1C. The van der Waals surface area contributed by atoms with Crippen LogP contribution < -0.4 is 5.46 Å². The van der Waals surface area contributed by atoms with Crippen LogP contribution in [0.1, 0.15) is 45.7 Å². The summed E-state index contributed by atoms with van der Waals surface area (Å²) >= 11 is 0. The molecule has 108 valence electrons. The van der Waals surface area contributed by atoms with Gasteiger partial charge in [-0.1, -0.05) is 18.2 Å². The van der Waals surface area contributed by atoms with Crippen molar-refractivity contribution in [3.8, 4) is 0 Å². The summed E-state index contributed by atoms with van der Waals surface area (Å²) in [6.07, 6.45) is 0.458. The molecule has 0 bridgehead atoms. The minimum absolute atomic E-state index is 0.166. The van der Waals surface area contributed by atoms with E-state index < -0.39 is 0 Å². The molecular weight excluding hydrogens is 251 g/mol. The van der Waals surface area contributed by atoms with Crippen molar-refractivity contribution in [3.63, 3.8) is 0 Å². The summed E-state index contributed by atoms with van der Waals surface area (Å²) in [6.45, 7) is 11.8. The Morgan fingerprint density at radius 2 is 1.70 bits per heavy atom. The Hall–Kier alpha value is -1.13. The number of Topliss-reactive ketones (excluding diaryl/α,β-unsaturated/α-hetero) is 1. The number of hydrogen-bond acceptors (Lipinski definition) is 3. The molecule has 0 unspecified atom stereocenters. The molecule has 20 heavy (non-hydrogen) atoms. The Morgan fingerprint density at radius 1 is 1.15 bits per heavy atom. The van der Waals surface area contributed by atoms with Gasteiger partial charge < -0.3 is 9.31 Å². The molecule has 1 aliphatic heterocycles. The molecule has 0 saturated carbocycles. The molecule has 2 rings (SSSR count). The molecule has 0 aromatic heterocycles. The molecule has 1 saturated heterocycles. The molecule has 1 aromatic rings. The summed E-state index contributed by atoms with van der Waals surface area (Å²) in [5.41, 5.74) is 2.45. The van der Waals surface area contributed by atoms with Gasteiger partial charge in [0.1, 0.15) is 5.78 Å². The molecule has 0 aliphatic carbocycles. The van der Waals surface area contributed by atoms with Crippen molar-refractivity contribution in [2.45, 2.75) is 59.2 Å². The zero-order chi connectivity index (χ0) is 15.1. The second-order valence-electron chi connectivity index (χ2n) is 6.60. The Balaban J connectivity index is 2.34. The molecule has 0 atom stereocenters. The van der Waals surface area contributed by atoms with Crippen LogP contribution in [0.3, 0.4) is 0 Å². The first-order chi connectivity index (χ1) is 9.14. The highest BCUT2D eigenvalue weighted by Crippen LogP contribution is 2.36. The van der Waals surface area contributed by atoms with E-state index in [1.54, 1.807) is 6.92 Å². The van der Waals surface area contributed by atoms with Gasteiger partial charge in [0, 0.05) is 6.42 Å². The third kappa shape index (κ3) is 2.67. The van der Waals surface area contributed by atoms with E-state index >= 15 is 0 Å². The van der Waals surface area contributed by atoms with Crippen LogP contribution in [0.2, 0.25) is 0 Å². The van der Waals surface area contributed by atoms with Crippen molar-refractivity contribution in [2.75, 3.05) is 0 Å². The molecule has 1 heterocycles. The van der Waals surface area contributed by atoms with Gasteiger partial charge in [0.05, 0.1) is 11.2 Å². The summed E-state index contributed by atoms with van der Waals surface area (Å²) in [4.78, 5) is 11.3. The maximum atomic E-state index is 11.3. The Bertz CT molecular complexity index is 519. The lowest BCUT2D eigenvalue weighted by Gasteiger charge is -2.32. The highest BCUT2D eigenvalue weighted by atomic mass is 16.7.